The molecular formula is C33H36Cl3N5O5S. The summed E-state index contributed by atoms with van der Waals surface area (Å²) in [5.41, 5.74) is 6.79. The van der Waals surface area contributed by atoms with Crippen molar-refractivity contribution in [1.82, 2.24) is 9.80 Å². The smallest absolute Gasteiger partial charge is 0.261 e. The van der Waals surface area contributed by atoms with Crippen LogP contribution in [0.5, 0.6) is 23.0 Å². The van der Waals surface area contributed by atoms with E-state index in [4.69, 9.17) is 54.7 Å². The van der Waals surface area contributed by atoms with Crippen LogP contribution in [0.25, 0.3) is 0 Å². The minimum absolute atomic E-state index is 0.0338. The van der Waals surface area contributed by atoms with E-state index in [-0.39, 0.29) is 21.2 Å². The molecular weight excluding hydrogens is 685 g/mol. The highest BCUT2D eigenvalue weighted by molar-refractivity contribution is 7.92. The van der Waals surface area contributed by atoms with Crippen molar-refractivity contribution < 1.29 is 22.6 Å². The van der Waals surface area contributed by atoms with E-state index in [2.05, 4.69) is 4.72 Å². The highest BCUT2D eigenvalue weighted by Crippen LogP contribution is 2.32. The summed E-state index contributed by atoms with van der Waals surface area (Å²) >= 11 is 18.1. The van der Waals surface area contributed by atoms with E-state index in [9.17, 15) is 13.7 Å². The van der Waals surface area contributed by atoms with Crippen LogP contribution in [0, 0.1) is 11.3 Å². The Morgan fingerprint density at radius 2 is 1.34 bits per heavy atom. The molecule has 3 N–H and O–H groups in total. The summed E-state index contributed by atoms with van der Waals surface area (Å²) in [6, 6.07) is 22.5. The monoisotopic (exact) mass is 719 g/mol. The lowest BCUT2D eigenvalue weighted by molar-refractivity contribution is 0.261. The predicted octanol–water partition coefficient (Wildman–Crippen LogP) is 7.26. The number of benzene rings is 4. The van der Waals surface area contributed by atoms with Crippen molar-refractivity contribution in [3.05, 3.63) is 99.5 Å². The molecule has 0 heterocycles. The van der Waals surface area contributed by atoms with Crippen LogP contribution in [-0.2, 0) is 10.0 Å². The van der Waals surface area contributed by atoms with Gasteiger partial charge >= 0.3 is 0 Å². The average molecular weight is 721 g/mol. The number of sulfonamides is 1. The number of nitrogens with one attached hydrogen (secondary N) is 1. The number of anilines is 2. The molecule has 4 aromatic rings. The number of hydrogen-bond acceptors (Lipinski definition) is 9. The van der Waals surface area contributed by atoms with Gasteiger partial charge in [0, 0.05) is 30.9 Å². The molecule has 4 aromatic carbocycles. The maximum Gasteiger partial charge on any atom is 0.261 e. The van der Waals surface area contributed by atoms with E-state index >= 15 is 0 Å². The van der Waals surface area contributed by atoms with Gasteiger partial charge in [-0.15, -0.1) is 0 Å². The van der Waals surface area contributed by atoms with Crippen molar-refractivity contribution in [1.29, 1.82) is 5.26 Å². The lowest BCUT2D eigenvalue weighted by atomic mass is 10.2. The van der Waals surface area contributed by atoms with Gasteiger partial charge in [0.15, 0.2) is 0 Å². The molecule has 0 radical (unpaired) electrons. The summed E-state index contributed by atoms with van der Waals surface area (Å²) in [6.45, 7) is 2.55. The molecule has 0 spiro atoms. The Balaban J connectivity index is 0.000000358. The first kappa shape index (κ1) is 37.6. The van der Waals surface area contributed by atoms with Crippen LogP contribution in [0.1, 0.15) is 5.56 Å². The number of nitrogen functional groups attached to an aromatic ring is 1. The van der Waals surface area contributed by atoms with Crippen molar-refractivity contribution in [2.24, 2.45) is 0 Å². The van der Waals surface area contributed by atoms with Crippen LogP contribution in [0.3, 0.4) is 0 Å². The molecule has 0 fully saturated rings. The van der Waals surface area contributed by atoms with Crippen molar-refractivity contribution >= 4 is 56.2 Å². The Morgan fingerprint density at radius 3 is 1.91 bits per heavy atom. The Labute approximate surface area is 291 Å². The SMILES string of the molecule is CN(C)CCOc1cc(N)ccc1Cl.CN(C)CCOc1cc(NS(=O)(=O)c2ccc(Oc3cccc(Cl)c3C#N)cc2)ccc1Cl. The van der Waals surface area contributed by atoms with Gasteiger partial charge in [0.1, 0.15) is 47.8 Å². The third-order valence-electron chi connectivity index (χ3n) is 6.18. The zero-order valence-corrected chi connectivity index (χ0v) is 29.4. The van der Waals surface area contributed by atoms with Crippen molar-refractivity contribution in [3.8, 4) is 29.1 Å². The summed E-state index contributed by atoms with van der Waals surface area (Å²) in [5.74, 6) is 1.67. The molecule has 4 rings (SSSR count). The summed E-state index contributed by atoms with van der Waals surface area (Å²) < 4.78 is 45.0. The largest absolute Gasteiger partial charge is 0.491 e. The molecule has 14 heteroatoms. The summed E-state index contributed by atoms with van der Waals surface area (Å²) in [7, 11) is 3.95. The topological polar surface area (TPSA) is 130 Å². The van der Waals surface area contributed by atoms with Crippen LogP contribution in [0.2, 0.25) is 15.1 Å². The summed E-state index contributed by atoms with van der Waals surface area (Å²) in [4.78, 5) is 4.04. The zero-order chi connectivity index (χ0) is 34.6. The number of hydrogen-bond donors (Lipinski definition) is 2. The van der Waals surface area contributed by atoms with Gasteiger partial charge in [-0.05, 0) is 88.9 Å². The molecule has 0 amide bonds. The highest BCUT2D eigenvalue weighted by atomic mass is 35.5. The number of nitriles is 1. The first-order valence-corrected chi connectivity index (χ1v) is 16.8. The predicted molar refractivity (Wildman–Crippen MR) is 189 cm³/mol. The second kappa shape index (κ2) is 17.9. The van der Waals surface area contributed by atoms with E-state index < -0.39 is 10.0 Å². The maximum atomic E-state index is 12.8. The summed E-state index contributed by atoms with van der Waals surface area (Å²) in [6.07, 6.45) is 0. The zero-order valence-electron chi connectivity index (χ0n) is 26.3. The van der Waals surface area contributed by atoms with Crippen LogP contribution < -0.4 is 24.7 Å². The Kier molecular flexibility index (Phi) is 14.3. The van der Waals surface area contributed by atoms with E-state index in [0.717, 1.165) is 6.54 Å². The Hall–Kier alpha value is -3.89. The van der Waals surface area contributed by atoms with E-state index in [1.165, 1.54) is 30.3 Å². The first-order chi connectivity index (χ1) is 22.3. The van der Waals surface area contributed by atoms with Crippen LogP contribution in [-0.4, -0.2) is 72.7 Å². The number of ether oxygens (including phenoxy) is 3. The second-order valence-corrected chi connectivity index (χ2v) is 13.4. The number of nitrogens with zero attached hydrogens (tertiary/aromatic N) is 3. The van der Waals surface area contributed by atoms with Gasteiger partial charge in [0.05, 0.1) is 25.7 Å². The van der Waals surface area contributed by atoms with Crippen LogP contribution >= 0.6 is 34.8 Å². The lowest BCUT2D eigenvalue weighted by Crippen LogP contribution is -2.19. The van der Waals surface area contributed by atoms with Gasteiger partial charge < -0.3 is 29.7 Å². The fourth-order valence-corrected chi connectivity index (χ4v) is 5.31. The normalized spacial score (nSPS) is 11.0. The standard InChI is InChI=1S/C23H21Cl2N3O4S.C10H15ClN2O/c1-28(2)12-13-31-23-14-16(6-11-21(23)25)27-33(29,30)18-9-7-17(8-10-18)32-22-5-3-4-20(24)19(22)15-26;1-13(2)5-6-14-10-7-8(12)3-4-9(10)11/h3-11,14,27H,12-13H2,1-2H3;3-4,7H,5-6,12H2,1-2H3. The molecule has 0 aliphatic rings. The van der Waals surface area contributed by atoms with Gasteiger partial charge in [0.2, 0.25) is 0 Å². The van der Waals surface area contributed by atoms with Crippen LogP contribution in [0.15, 0.2) is 83.8 Å². The molecule has 0 saturated heterocycles. The third kappa shape index (κ3) is 12.0. The van der Waals surface area contributed by atoms with Gasteiger partial charge in [-0.25, -0.2) is 8.42 Å². The van der Waals surface area contributed by atoms with Crippen molar-refractivity contribution in [2.45, 2.75) is 4.90 Å². The maximum absolute atomic E-state index is 12.8. The van der Waals surface area contributed by atoms with E-state index in [1.807, 2.05) is 44.1 Å². The summed E-state index contributed by atoms with van der Waals surface area (Å²) in [5, 5.41) is 10.5. The minimum Gasteiger partial charge on any atom is -0.491 e. The molecule has 0 aromatic heterocycles. The fourth-order valence-electron chi connectivity index (χ4n) is 3.71. The average Bonchev–Trinajstić information content (AvgIpc) is 3.01. The Morgan fingerprint density at radius 1 is 0.766 bits per heavy atom. The number of halogens is 3. The van der Waals surface area contributed by atoms with E-state index in [1.54, 1.807) is 48.5 Å². The molecule has 0 bridgehead atoms. The molecule has 250 valence electrons. The molecule has 47 heavy (non-hydrogen) atoms. The molecule has 0 atom stereocenters. The Bertz CT molecular complexity index is 1780. The molecule has 0 aliphatic carbocycles. The molecule has 0 saturated carbocycles. The van der Waals surface area contributed by atoms with Gasteiger partial charge in [-0.1, -0.05) is 40.9 Å². The van der Waals surface area contributed by atoms with Crippen molar-refractivity contribution in [3.63, 3.8) is 0 Å². The number of rotatable bonds is 13. The van der Waals surface area contributed by atoms with Crippen molar-refractivity contribution in [2.75, 3.05) is 64.9 Å². The first-order valence-electron chi connectivity index (χ1n) is 14.2. The highest BCUT2D eigenvalue weighted by Gasteiger charge is 2.16. The number of nitrogens with two attached hydrogens (primary N) is 1. The molecule has 0 aliphatic heterocycles. The quantitative estimate of drug-likeness (QED) is 0.137. The molecule has 10 nitrogen and oxygen atoms in total. The van der Waals surface area contributed by atoms with Gasteiger partial charge in [-0.2, -0.15) is 5.26 Å². The van der Waals surface area contributed by atoms with Crippen LogP contribution in [0.4, 0.5) is 11.4 Å². The third-order valence-corrected chi connectivity index (χ3v) is 8.52. The second-order valence-electron chi connectivity index (χ2n) is 10.5. The minimum atomic E-state index is -3.87. The number of likely N-dealkylation sites (N-methyl/N-ethyl adjacent to an activating group) is 2. The van der Waals surface area contributed by atoms with E-state index in [0.29, 0.717) is 58.4 Å². The van der Waals surface area contributed by atoms with Gasteiger partial charge in [-0.3, -0.25) is 4.72 Å². The molecule has 0 unspecified atom stereocenters. The van der Waals surface area contributed by atoms with Gasteiger partial charge in [0.25, 0.3) is 10.0 Å². The lowest BCUT2D eigenvalue weighted by Gasteiger charge is -2.14. The fraction of sp³-hybridized carbons (Fsp3) is 0.242.